The Labute approximate surface area is 107 Å². The first-order valence-electron chi connectivity index (χ1n) is 6.25. The molecule has 0 aliphatic carbocycles. The minimum atomic E-state index is -0.223. The fraction of sp³-hybridized carbons (Fsp3) is 0.538. The summed E-state index contributed by atoms with van der Waals surface area (Å²) in [5.74, 6) is 0.409. The second kappa shape index (κ2) is 6.35. The van der Waals surface area contributed by atoms with Gasteiger partial charge in [-0.15, -0.1) is 0 Å². The van der Waals surface area contributed by atoms with E-state index in [0.29, 0.717) is 19.1 Å². The highest BCUT2D eigenvalue weighted by atomic mass is 16.6. The van der Waals surface area contributed by atoms with E-state index < -0.39 is 0 Å². The van der Waals surface area contributed by atoms with Gasteiger partial charge in [0.25, 0.3) is 0 Å². The van der Waals surface area contributed by atoms with Gasteiger partial charge in [-0.05, 0) is 31.6 Å². The molecule has 2 heterocycles. The molecule has 1 N–H and O–H groups in total. The van der Waals surface area contributed by atoms with Crippen LogP contribution in [0, 0.1) is 5.92 Å². The Hall–Kier alpha value is -1.62. The molecule has 1 atom stereocenters. The molecule has 1 aromatic heterocycles. The lowest BCUT2D eigenvalue weighted by Crippen LogP contribution is -2.43. The fourth-order valence-corrected chi connectivity index (χ4v) is 2.08. The van der Waals surface area contributed by atoms with Crippen LogP contribution >= 0.6 is 0 Å². The van der Waals surface area contributed by atoms with Gasteiger partial charge in [0.2, 0.25) is 0 Å². The third-order valence-electron chi connectivity index (χ3n) is 3.08. The van der Waals surface area contributed by atoms with E-state index in [1.807, 2.05) is 19.2 Å². The Morgan fingerprint density at radius 1 is 1.61 bits per heavy atom. The zero-order valence-corrected chi connectivity index (χ0v) is 10.6. The number of hydrogen-bond acceptors (Lipinski definition) is 4. The predicted molar refractivity (Wildman–Crippen MR) is 68.0 cm³/mol. The van der Waals surface area contributed by atoms with E-state index in [1.54, 1.807) is 17.3 Å². The highest BCUT2D eigenvalue weighted by Gasteiger charge is 2.26. The molecule has 0 saturated carbocycles. The lowest BCUT2D eigenvalue weighted by Gasteiger charge is -2.32. The van der Waals surface area contributed by atoms with Crippen LogP contribution in [0.2, 0.25) is 0 Å². The summed E-state index contributed by atoms with van der Waals surface area (Å²) in [5, 5.41) is 3.12. The molecule has 1 saturated heterocycles. The number of nitrogens with one attached hydrogen (secondary N) is 1. The zero-order valence-electron chi connectivity index (χ0n) is 10.6. The van der Waals surface area contributed by atoms with Gasteiger partial charge in [-0.1, -0.05) is 6.07 Å². The molecule has 1 fully saturated rings. The summed E-state index contributed by atoms with van der Waals surface area (Å²) in [5.41, 5.74) is 1.03. The number of rotatable bonds is 5. The second-order valence-corrected chi connectivity index (χ2v) is 4.58. The molecule has 5 nitrogen and oxygen atoms in total. The normalized spacial score (nSPS) is 19.7. The van der Waals surface area contributed by atoms with E-state index in [0.717, 1.165) is 25.1 Å². The van der Waals surface area contributed by atoms with Crippen molar-refractivity contribution in [1.29, 1.82) is 0 Å². The van der Waals surface area contributed by atoms with Gasteiger partial charge in [-0.3, -0.25) is 4.98 Å². The Balaban J connectivity index is 1.91. The van der Waals surface area contributed by atoms with E-state index in [1.165, 1.54) is 0 Å². The number of carbonyl (C=O) groups excluding carboxylic acids is 1. The number of carbonyl (C=O) groups is 1. The first kappa shape index (κ1) is 12.8. The maximum atomic E-state index is 11.7. The van der Waals surface area contributed by atoms with Gasteiger partial charge in [0, 0.05) is 24.9 Å². The molecule has 0 radical (unpaired) electrons. The van der Waals surface area contributed by atoms with Gasteiger partial charge in [0.15, 0.2) is 0 Å². The first-order valence-corrected chi connectivity index (χ1v) is 6.25. The van der Waals surface area contributed by atoms with Gasteiger partial charge in [-0.25, -0.2) is 4.79 Å². The molecule has 0 aromatic carbocycles. The molecule has 0 spiro atoms. The van der Waals surface area contributed by atoms with Crippen molar-refractivity contribution in [2.75, 3.05) is 26.7 Å². The van der Waals surface area contributed by atoms with Crippen LogP contribution in [-0.4, -0.2) is 42.7 Å². The van der Waals surface area contributed by atoms with Gasteiger partial charge < -0.3 is 15.0 Å². The van der Waals surface area contributed by atoms with Crippen molar-refractivity contribution < 1.29 is 9.53 Å². The summed E-state index contributed by atoms with van der Waals surface area (Å²) >= 11 is 0. The summed E-state index contributed by atoms with van der Waals surface area (Å²) < 4.78 is 5.21. The summed E-state index contributed by atoms with van der Waals surface area (Å²) in [6, 6.07) is 3.85. The van der Waals surface area contributed by atoms with Gasteiger partial charge in [0.1, 0.15) is 0 Å². The van der Waals surface area contributed by atoms with Gasteiger partial charge in [-0.2, -0.15) is 0 Å². The van der Waals surface area contributed by atoms with Crippen LogP contribution in [0.5, 0.6) is 0 Å². The highest BCUT2D eigenvalue weighted by molar-refractivity contribution is 5.68. The Morgan fingerprint density at radius 2 is 2.50 bits per heavy atom. The van der Waals surface area contributed by atoms with Crippen molar-refractivity contribution in [1.82, 2.24) is 15.2 Å². The Bertz CT molecular complexity index is 383. The topological polar surface area (TPSA) is 54.5 Å². The number of amides is 1. The lowest BCUT2D eigenvalue weighted by atomic mass is 10.0. The molecule has 0 bridgehead atoms. The summed E-state index contributed by atoms with van der Waals surface area (Å²) in [7, 11) is 1.93. The van der Waals surface area contributed by atoms with Gasteiger partial charge >= 0.3 is 6.09 Å². The van der Waals surface area contributed by atoms with Crippen molar-refractivity contribution in [3.8, 4) is 0 Å². The average molecular weight is 249 g/mol. The van der Waals surface area contributed by atoms with Crippen LogP contribution in [0.3, 0.4) is 0 Å². The van der Waals surface area contributed by atoms with E-state index in [9.17, 15) is 4.79 Å². The molecule has 1 unspecified atom stereocenters. The summed E-state index contributed by atoms with van der Waals surface area (Å²) in [6.45, 7) is 2.81. The van der Waals surface area contributed by atoms with Gasteiger partial charge in [0.05, 0.1) is 13.2 Å². The first-order chi connectivity index (χ1) is 8.79. The molecule has 1 amide bonds. The Kier molecular flexibility index (Phi) is 4.52. The monoisotopic (exact) mass is 249 g/mol. The van der Waals surface area contributed by atoms with Crippen LogP contribution in [0.15, 0.2) is 24.5 Å². The van der Waals surface area contributed by atoms with Crippen LogP contribution in [0.4, 0.5) is 4.79 Å². The number of ether oxygens (including phenoxy) is 1. The molecule has 5 heteroatoms. The lowest BCUT2D eigenvalue weighted by molar-refractivity contribution is 0.0380. The molecular weight excluding hydrogens is 230 g/mol. The molecule has 1 aliphatic heterocycles. The predicted octanol–water partition coefficient (Wildman–Crippen LogP) is 1.26. The minimum Gasteiger partial charge on any atom is -0.449 e. The van der Waals surface area contributed by atoms with E-state index in [-0.39, 0.29) is 6.09 Å². The fourth-order valence-electron chi connectivity index (χ4n) is 2.08. The smallest absolute Gasteiger partial charge is 0.410 e. The number of nitrogens with zero attached hydrogens (tertiary/aromatic N) is 2. The standard InChI is InChI=1S/C13H19N3O2/c1-14-6-4-12-9-16(13(17)18-10-12)8-11-3-2-5-15-7-11/h2-3,5,7,12,14H,4,6,8-10H2,1H3. The van der Waals surface area contributed by atoms with Crippen LogP contribution in [-0.2, 0) is 11.3 Å². The maximum absolute atomic E-state index is 11.7. The van der Waals surface area contributed by atoms with Crippen molar-refractivity contribution >= 4 is 6.09 Å². The number of aromatic nitrogens is 1. The average Bonchev–Trinajstić information content (AvgIpc) is 2.41. The van der Waals surface area contributed by atoms with Crippen molar-refractivity contribution in [2.45, 2.75) is 13.0 Å². The maximum Gasteiger partial charge on any atom is 0.410 e. The van der Waals surface area contributed by atoms with E-state index >= 15 is 0 Å². The molecular formula is C13H19N3O2. The molecule has 1 aliphatic rings. The number of hydrogen-bond donors (Lipinski definition) is 1. The zero-order chi connectivity index (χ0) is 12.8. The SMILES string of the molecule is CNCCC1COC(=O)N(Cc2cccnc2)C1. The quantitative estimate of drug-likeness (QED) is 0.853. The molecule has 98 valence electrons. The van der Waals surface area contributed by atoms with Crippen LogP contribution < -0.4 is 5.32 Å². The molecule has 1 aromatic rings. The highest BCUT2D eigenvalue weighted by Crippen LogP contribution is 2.16. The minimum absolute atomic E-state index is 0.223. The van der Waals surface area contributed by atoms with E-state index in [2.05, 4.69) is 10.3 Å². The van der Waals surface area contributed by atoms with Crippen molar-refractivity contribution in [2.24, 2.45) is 5.92 Å². The second-order valence-electron chi connectivity index (χ2n) is 4.58. The van der Waals surface area contributed by atoms with E-state index in [4.69, 9.17) is 4.74 Å². The number of cyclic esters (lactones) is 1. The molecule has 2 rings (SSSR count). The number of pyridine rings is 1. The Morgan fingerprint density at radius 3 is 3.22 bits per heavy atom. The van der Waals surface area contributed by atoms with Crippen LogP contribution in [0.25, 0.3) is 0 Å². The van der Waals surface area contributed by atoms with Crippen molar-refractivity contribution in [3.05, 3.63) is 30.1 Å². The van der Waals surface area contributed by atoms with Crippen LogP contribution in [0.1, 0.15) is 12.0 Å². The molecule has 18 heavy (non-hydrogen) atoms. The summed E-state index contributed by atoms with van der Waals surface area (Å²) in [4.78, 5) is 17.5. The van der Waals surface area contributed by atoms with Crippen molar-refractivity contribution in [3.63, 3.8) is 0 Å². The third kappa shape index (κ3) is 3.43. The largest absolute Gasteiger partial charge is 0.449 e. The third-order valence-corrected chi connectivity index (χ3v) is 3.08. The summed E-state index contributed by atoms with van der Waals surface area (Å²) in [6.07, 6.45) is 4.31.